The number of rotatable bonds is 4. The number of hydrogen-bond donors (Lipinski definition) is 0. The average Bonchev–Trinajstić information content (AvgIpc) is 2.98. The largest absolute Gasteiger partial charge is 0.381 e. The maximum atomic E-state index is 12.5. The molecule has 1 aliphatic rings. The molecule has 0 N–H and O–H groups in total. The molecule has 1 fully saturated rings. The molecule has 5 nitrogen and oxygen atoms in total. The van der Waals surface area contributed by atoms with Crippen molar-refractivity contribution in [2.75, 3.05) is 30.3 Å². The molecule has 2 heterocycles. The number of hydrogen-bond acceptors (Lipinski definition) is 4. The quantitative estimate of drug-likeness (QED) is 0.867. The number of para-hydroxylation sites is 1. The van der Waals surface area contributed by atoms with Gasteiger partial charge in [0.1, 0.15) is 5.82 Å². The number of pyridine rings is 1. The van der Waals surface area contributed by atoms with Crippen LogP contribution in [0.5, 0.6) is 0 Å². The second-order valence-corrected chi connectivity index (χ2v) is 7.38. The summed E-state index contributed by atoms with van der Waals surface area (Å²) in [4.78, 5) is 4.43. The summed E-state index contributed by atoms with van der Waals surface area (Å²) in [5.41, 5.74) is 0.793. The van der Waals surface area contributed by atoms with Crippen molar-refractivity contribution in [2.45, 2.75) is 6.42 Å². The van der Waals surface area contributed by atoms with Crippen LogP contribution >= 0.6 is 0 Å². The topological polar surface area (TPSA) is 59.5 Å². The highest BCUT2D eigenvalue weighted by molar-refractivity contribution is 7.92. The number of sulfonamides is 1. The van der Waals surface area contributed by atoms with Crippen LogP contribution in [-0.4, -0.2) is 39.4 Å². The third-order valence-electron chi connectivity index (χ3n) is 3.79. The SMILES string of the molecule is CN(c1ccc2ccccc2n1)S(=O)(=O)C[C@@H]1CCOC1. The Kier molecular flexibility index (Phi) is 3.82. The van der Waals surface area contributed by atoms with Crippen molar-refractivity contribution in [1.82, 2.24) is 4.98 Å². The first-order valence-electron chi connectivity index (χ1n) is 6.96. The zero-order valence-corrected chi connectivity index (χ0v) is 12.7. The molecule has 0 aliphatic carbocycles. The molecule has 1 atom stereocenters. The summed E-state index contributed by atoms with van der Waals surface area (Å²) in [7, 11) is -1.82. The zero-order chi connectivity index (χ0) is 14.9. The minimum absolute atomic E-state index is 0.0814. The van der Waals surface area contributed by atoms with Crippen LogP contribution in [0, 0.1) is 5.92 Å². The molecule has 1 aromatic heterocycles. The van der Waals surface area contributed by atoms with Gasteiger partial charge < -0.3 is 4.74 Å². The first-order chi connectivity index (χ1) is 10.1. The fourth-order valence-electron chi connectivity index (χ4n) is 2.50. The molecule has 0 unspecified atom stereocenters. The molecule has 3 rings (SSSR count). The zero-order valence-electron chi connectivity index (χ0n) is 11.9. The second kappa shape index (κ2) is 5.61. The van der Waals surface area contributed by atoms with Gasteiger partial charge in [0.25, 0.3) is 0 Å². The molecule has 2 aromatic rings. The van der Waals surface area contributed by atoms with Crippen molar-refractivity contribution in [2.24, 2.45) is 5.92 Å². The van der Waals surface area contributed by atoms with E-state index >= 15 is 0 Å². The summed E-state index contributed by atoms with van der Waals surface area (Å²) >= 11 is 0. The lowest BCUT2D eigenvalue weighted by Crippen LogP contribution is -2.32. The fourth-order valence-corrected chi connectivity index (χ4v) is 3.97. The highest BCUT2D eigenvalue weighted by Crippen LogP contribution is 2.22. The highest BCUT2D eigenvalue weighted by Gasteiger charge is 2.27. The average molecular weight is 306 g/mol. The molecule has 0 amide bonds. The van der Waals surface area contributed by atoms with Crippen LogP contribution in [0.1, 0.15) is 6.42 Å². The van der Waals surface area contributed by atoms with Gasteiger partial charge in [-0.05, 0) is 24.6 Å². The Labute approximate surface area is 124 Å². The second-order valence-electron chi connectivity index (χ2n) is 5.34. The lowest BCUT2D eigenvalue weighted by molar-refractivity contribution is 0.188. The van der Waals surface area contributed by atoms with E-state index in [0.29, 0.717) is 19.0 Å². The van der Waals surface area contributed by atoms with E-state index in [1.54, 1.807) is 13.1 Å². The molecular formula is C15H18N2O3S. The van der Waals surface area contributed by atoms with Crippen LogP contribution in [0.3, 0.4) is 0 Å². The minimum atomic E-state index is -3.37. The van der Waals surface area contributed by atoms with Crippen molar-refractivity contribution in [3.8, 4) is 0 Å². The van der Waals surface area contributed by atoms with E-state index in [0.717, 1.165) is 17.3 Å². The third-order valence-corrected chi connectivity index (χ3v) is 5.71. The van der Waals surface area contributed by atoms with Crippen LogP contribution in [0.4, 0.5) is 5.82 Å². The van der Waals surface area contributed by atoms with Crippen molar-refractivity contribution in [1.29, 1.82) is 0 Å². The van der Waals surface area contributed by atoms with Gasteiger partial charge in [-0.15, -0.1) is 0 Å². The molecule has 21 heavy (non-hydrogen) atoms. The monoisotopic (exact) mass is 306 g/mol. The Bertz CT molecular complexity index is 739. The van der Waals surface area contributed by atoms with Gasteiger partial charge in [-0.25, -0.2) is 13.4 Å². The van der Waals surface area contributed by atoms with Crippen LogP contribution in [0.25, 0.3) is 10.9 Å². The molecule has 1 aliphatic heterocycles. The molecule has 1 aromatic carbocycles. The third kappa shape index (κ3) is 3.01. The van der Waals surface area contributed by atoms with Gasteiger partial charge in [0, 0.05) is 25.0 Å². The predicted molar refractivity (Wildman–Crippen MR) is 82.9 cm³/mol. The van der Waals surface area contributed by atoms with E-state index in [4.69, 9.17) is 4.74 Å². The van der Waals surface area contributed by atoms with E-state index in [1.165, 1.54) is 4.31 Å². The number of fused-ring (bicyclic) bond motifs is 1. The van der Waals surface area contributed by atoms with Crippen LogP contribution in [0.15, 0.2) is 36.4 Å². The van der Waals surface area contributed by atoms with E-state index in [9.17, 15) is 8.42 Å². The van der Waals surface area contributed by atoms with Crippen molar-refractivity contribution in [3.63, 3.8) is 0 Å². The molecule has 6 heteroatoms. The predicted octanol–water partition coefficient (Wildman–Crippen LogP) is 2.04. The molecule has 1 saturated heterocycles. The molecule has 112 valence electrons. The van der Waals surface area contributed by atoms with Crippen LogP contribution in [0.2, 0.25) is 0 Å². The lowest BCUT2D eigenvalue weighted by atomic mass is 10.2. The smallest absolute Gasteiger partial charge is 0.236 e. The summed E-state index contributed by atoms with van der Waals surface area (Å²) in [6, 6.07) is 11.3. The van der Waals surface area contributed by atoms with Gasteiger partial charge in [-0.2, -0.15) is 0 Å². The van der Waals surface area contributed by atoms with Gasteiger partial charge in [0.15, 0.2) is 0 Å². The summed E-state index contributed by atoms with van der Waals surface area (Å²) in [6.45, 7) is 1.18. The Morgan fingerprint density at radius 3 is 2.86 bits per heavy atom. The molecule has 0 saturated carbocycles. The molecular weight excluding hydrogens is 288 g/mol. The maximum absolute atomic E-state index is 12.5. The number of nitrogens with zero attached hydrogens (tertiary/aromatic N) is 2. The van der Waals surface area contributed by atoms with E-state index in [1.807, 2.05) is 30.3 Å². The van der Waals surface area contributed by atoms with E-state index in [-0.39, 0.29) is 11.7 Å². The maximum Gasteiger partial charge on any atom is 0.236 e. The van der Waals surface area contributed by atoms with Crippen LogP contribution in [-0.2, 0) is 14.8 Å². The molecule has 0 spiro atoms. The Morgan fingerprint density at radius 2 is 2.10 bits per heavy atom. The Balaban J connectivity index is 1.86. The van der Waals surface area contributed by atoms with Crippen molar-refractivity contribution < 1.29 is 13.2 Å². The first-order valence-corrected chi connectivity index (χ1v) is 8.57. The summed E-state index contributed by atoms with van der Waals surface area (Å²) in [5.74, 6) is 0.642. The van der Waals surface area contributed by atoms with E-state index < -0.39 is 10.0 Å². The summed E-state index contributed by atoms with van der Waals surface area (Å²) in [5, 5.41) is 0.997. The summed E-state index contributed by atoms with van der Waals surface area (Å²) in [6.07, 6.45) is 0.804. The summed E-state index contributed by atoms with van der Waals surface area (Å²) < 4.78 is 31.4. The number of ether oxygens (including phenoxy) is 1. The minimum Gasteiger partial charge on any atom is -0.381 e. The standard InChI is InChI=1S/C15H18N2O3S/c1-17(21(18,19)11-12-8-9-20-10-12)15-7-6-13-4-2-3-5-14(13)16-15/h2-7,12H,8-11H2,1H3/t12-/m1/s1. The number of benzene rings is 1. The van der Waals surface area contributed by atoms with Gasteiger partial charge in [0.05, 0.1) is 17.9 Å². The number of anilines is 1. The number of aromatic nitrogens is 1. The lowest BCUT2D eigenvalue weighted by Gasteiger charge is -2.20. The first kappa shape index (κ1) is 14.3. The Morgan fingerprint density at radius 1 is 1.29 bits per heavy atom. The van der Waals surface area contributed by atoms with Crippen molar-refractivity contribution in [3.05, 3.63) is 36.4 Å². The van der Waals surface area contributed by atoms with Crippen LogP contribution < -0.4 is 4.31 Å². The normalized spacial score (nSPS) is 19.0. The van der Waals surface area contributed by atoms with E-state index in [2.05, 4.69) is 4.98 Å². The van der Waals surface area contributed by atoms with Gasteiger partial charge >= 0.3 is 0 Å². The Hall–Kier alpha value is -1.66. The van der Waals surface area contributed by atoms with Gasteiger partial charge in [-0.1, -0.05) is 18.2 Å². The molecule has 0 radical (unpaired) electrons. The highest BCUT2D eigenvalue weighted by atomic mass is 32.2. The van der Waals surface area contributed by atoms with Gasteiger partial charge in [0.2, 0.25) is 10.0 Å². The van der Waals surface area contributed by atoms with Crippen molar-refractivity contribution >= 4 is 26.7 Å². The fraction of sp³-hybridized carbons (Fsp3) is 0.400. The van der Waals surface area contributed by atoms with Gasteiger partial charge in [-0.3, -0.25) is 4.31 Å². The molecule has 0 bridgehead atoms.